The molecule has 0 rings (SSSR count). The Morgan fingerprint density at radius 1 is 0.417 bits per heavy atom. The Hall–Kier alpha value is -1.18. The third-order valence-electron chi connectivity index (χ3n) is 9.67. The van der Waals surface area contributed by atoms with E-state index >= 15 is 0 Å². The predicted molar refractivity (Wildman–Crippen MR) is 210 cm³/mol. The molecule has 0 aliphatic rings. The number of hydrogen-bond acceptors (Lipinski definition) is 5. The van der Waals surface area contributed by atoms with Gasteiger partial charge in [-0.25, -0.2) is 0 Å². The molecule has 0 atom stereocenters. The second kappa shape index (κ2) is 40.3. The van der Waals surface area contributed by atoms with Gasteiger partial charge in [0.05, 0.1) is 0 Å². The van der Waals surface area contributed by atoms with Gasteiger partial charge in [-0.1, -0.05) is 162 Å². The number of hydrogen-bond donors (Lipinski definition) is 4. The van der Waals surface area contributed by atoms with Crippen molar-refractivity contribution in [2.45, 2.75) is 200 Å². The fourth-order valence-corrected chi connectivity index (χ4v) is 6.42. The van der Waals surface area contributed by atoms with Crippen LogP contribution in [0.4, 0.5) is 0 Å². The van der Waals surface area contributed by atoms with Gasteiger partial charge in [0.1, 0.15) is 0 Å². The lowest BCUT2D eigenvalue weighted by Crippen LogP contribution is -2.38. The minimum absolute atomic E-state index is 0.158. The van der Waals surface area contributed by atoms with Crippen molar-refractivity contribution >= 4 is 11.8 Å². The first kappa shape index (κ1) is 46.8. The molecule has 0 aromatic heterocycles. The van der Waals surface area contributed by atoms with Gasteiger partial charge in [-0.05, 0) is 32.2 Å². The maximum Gasteiger partial charge on any atom is 0.221 e. The van der Waals surface area contributed by atoms with Crippen molar-refractivity contribution in [1.29, 1.82) is 0 Å². The van der Waals surface area contributed by atoms with Crippen molar-refractivity contribution < 1.29 is 9.59 Å². The molecule has 0 bridgehead atoms. The highest BCUT2D eigenvalue weighted by atomic mass is 16.2. The Morgan fingerprint density at radius 3 is 1.23 bits per heavy atom. The molecule has 48 heavy (non-hydrogen) atoms. The van der Waals surface area contributed by atoms with Crippen LogP contribution in [0.2, 0.25) is 0 Å². The Labute approximate surface area is 299 Å². The van der Waals surface area contributed by atoms with Crippen molar-refractivity contribution in [2.24, 2.45) is 5.73 Å². The zero-order valence-electron chi connectivity index (χ0n) is 32.5. The van der Waals surface area contributed by atoms with Crippen molar-refractivity contribution in [3.63, 3.8) is 0 Å². The van der Waals surface area contributed by atoms with Gasteiger partial charge >= 0.3 is 0 Å². The van der Waals surface area contributed by atoms with E-state index in [1.54, 1.807) is 0 Å². The lowest BCUT2D eigenvalue weighted by Gasteiger charge is -2.21. The van der Waals surface area contributed by atoms with E-state index in [-0.39, 0.29) is 11.8 Å². The van der Waals surface area contributed by atoms with Crippen LogP contribution in [-0.2, 0) is 9.59 Å². The first-order valence-corrected chi connectivity index (χ1v) is 21.3. The summed E-state index contributed by atoms with van der Waals surface area (Å²) in [5.41, 5.74) is 5.83. The zero-order chi connectivity index (χ0) is 35.0. The fraction of sp³-hybridized carbons (Fsp3) is 0.951. The lowest BCUT2D eigenvalue weighted by molar-refractivity contribution is -0.122. The summed E-state index contributed by atoms with van der Waals surface area (Å²) in [6.07, 6.45) is 36.5. The molecule has 0 aliphatic carbocycles. The molecule has 286 valence electrons. The van der Waals surface area contributed by atoms with Gasteiger partial charge in [0.25, 0.3) is 0 Å². The summed E-state index contributed by atoms with van der Waals surface area (Å²) in [5.74, 6) is 0.368. The third-order valence-corrected chi connectivity index (χ3v) is 9.67. The molecule has 5 N–H and O–H groups in total. The highest BCUT2D eigenvalue weighted by molar-refractivity contribution is 5.76. The van der Waals surface area contributed by atoms with Crippen molar-refractivity contribution in [3.05, 3.63) is 0 Å². The van der Waals surface area contributed by atoms with Crippen LogP contribution in [0.1, 0.15) is 200 Å². The van der Waals surface area contributed by atoms with E-state index in [2.05, 4.69) is 34.7 Å². The summed E-state index contributed by atoms with van der Waals surface area (Å²) in [6.45, 7) is 11.2. The van der Waals surface area contributed by atoms with Crippen LogP contribution in [0.15, 0.2) is 0 Å². The molecule has 0 saturated heterocycles. The summed E-state index contributed by atoms with van der Waals surface area (Å²) in [4.78, 5) is 26.7. The highest BCUT2D eigenvalue weighted by Crippen LogP contribution is 2.13. The van der Waals surface area contributed by atoms with Gasteiger partial charge < -0.3 is 26.6 Å². The first-order chi connectivity index (χ1) is 23.6. The van der Waals surface area contributed by atoms with E-state index < -0.39 is 0 Å². The maximum absolute atomic E-state index is 12.3. The van der Waals surface area contributed by atoms with E-state index in [0.29, 0.717) is 19.4 Å². The number of rotatable bonds is 40. The van der Waals surface area contributed by atoms with Crippen LogP contribution in [0.5, 0.6) is 0 Å². The average Bonchev–Trinajstić information content (AvgIpc) is 3.08. The number of carbonyl (C=O) groups excluding carboxylic acids is 2. The summed E-state index contributed by atoms with van der Waals surface area (Å²) < 4.78 is 0. The summed E-state index contributed by atoms with van der Waals surface area (Å²) >= 11 is 0. The molecule has 7 nitrogen and oxygen atoms in total. The topological polar surface area (TPSA) is 99.5 Å². The predicted octanol–water partition coefficient (Wildman–Crippen LogP) is 9.42. The molecule has 0 aliphatic heterocycles. The Balaban J connectivity index is 3.53. The first-order valence-electron chi connectivity index (χ1n) is 21.3. The third kappa shape index (κ3) is 37.6. The maximum atomic E-state index is 12.3. The van der Waals surface area contributed by atoms with Gasteiger partial charge in [0, 0.05) is 58.7 Å². The van der Waals surface area contributed by atoms with E-state index in [0.717, 1.165) is 77.9 Å². The molecular formula is C41H85N5O2. The minimum atomic E-state index is 0.158. The van der Waals surface area contributed by atoms with Crippen LogP contribution in [-0.4, -0.2) is 69.1 Å². The van der Waals surface area contributed by atoms with Gasteiger partial charge in [0.15, 0.2) is 0 Å². The van der Waals surface area contributed by atoms with Crippen LogP contribution in [0, 0.1) is 0 Å². The number of unbranched alkanes of at least 4 members (excludes halogenated alkanes) is 24. The van der Waals surface area contributed by atoms with E-state index in [4.69, 9.17) is 5.73 Å². The summed E-state index contributed by atoms with van der Waals surface area (Å²) in [6, 6.07) is 0. The number of amides is 2. The molecule has 0 fully saturated rings. The van der Waals surface area contributed by atoms with Crippen molar-refractivity contribution in [3.8, 4) is 0 Å². The Bertz CT molecular complexity index is 663. The molecule has 0 radical (unpaired) electrons. The normalized spacial score (nSPS) is 11.4. The highest BCUT2D eigenvalue weighted by Gasteiger charge is 2.08. The number of nitrogens with zero attached hydrogens (tertiary/aromatic N) is 1. The van der Waals surface area contributed by atoms with E-state index in [1.165, 1.54) is 141 Å². The molecule has 0 spiro atoms. The van der Waals surface area contributed by atoms with Crippen LogP contribution >= 0.6 is 0 Å². The second-order valence-electron chi connectivity index (χ2n) is 14.4. The van der Waals surface area contributed by atoms with Crippen LogP contribution < -0.4 is 21.7 Å². The zero-order valence-corrected chi connectivity index (χ0v) is 32.5. The van der Waals surface area contributed by atoms with Gasteiger partial charge in [-0.2, -0.15) is 0 Å². The largest absolute Gasteiger partial charge is 0.356 e. The van der Waals surface area contributed by atoms with Gasteiger partial charge in [-0.3, -0.25) is 9.59 Å². The molecule has 0 aromatic carbocycles. The van der Waals surface area contributed by atoms with Crippen molar-refractivity contribution in [1.82, 2.24) is 20.9 Å². The number of nitrogens with two attached hydrogens (primary N) is 1. The van der Waals surface area contributed by atoms with Crippen LogP contribution in [0.25, 0.3) is 0 Å². The smallest absolute Gasteiger partial charge is 0.221 e. The molecule has 0 unspecified atom stereocenters. The second-order valence-corrected chi connectivity index (χ2v) is 14.4. The molecule has 2 amide bonds. The summed E-state index contributed by atoms with van der Waals surface area (Å²) in [5, 5.41) is 9.74. The molecule has 0 saturated carbocycles. The standard InChI is InChI=1S/C41H85N5O2/c1-3-5-7-9-11-13-15-17-19-21-23-28-34-44-40(47)30-26-25-27-33-43-36-39-46(38-32-42)37-31-41(48)45-35-29-24-22-20-18-16-14-12-10-8-6-4-2/h43H,3-39,42H2,1-2H3,(H,44,47)(H,45,48). The van der Waals surface area contributed by atoms with E-state index in [9.17, 15) is 9.59 Å². The quantitative estimate of drug-likeness (QED) is 0.0484. The number of carbonyl (C=O) groups is 2. The molecule has 7 heteroatoms. The summed E-state index contributed by atoms with van der Waals surface area (Å²) in [7, 11) is 0. The monoisotopic (exact) mass is 680 g/mol. The lowest BCUT2D eigenvalue weighted by atomic mass is 10.1. The van der Waals surface area contributed by atoms with Crippen molar-refractivity contribution in [2.75, 3.05) is 52.4 Å². The molecular weight excluding hydrogens is 594 g/mol. The SMILES string of the molecule is CCCCCCCCCCCCCCNC(=O)CCCCCNCCN(CCN)CCC(=O)NCCCCCCCCCCCCCC. The Morgan fingerprint density at radius 2 is 0.792 bits per heavy atom. The molecule has 0 heterocycles. The fourth-order valence-electron chi connectivity index (χ4n) is 6.42. The minimum Gasteiger partial charge on any atom is -0.356 e. The average molecular weight is 680 g/mol. The van der Waals surface area contributed by atoms with Crippen LogP contribution in [0.3, 0.4) is 0 Å². The molecule has 0 aromatic rings. The number of nitrogens with one attached hydrogen (secondary N) is 3. The van der Waals surface area contributed by atoms with E-state index in [1.807, 2.05) is 0 Å². The Kier molecular flexibility index (Phi) is 39.3. The van der Waals surface area contributed by atoms with Gasteiger partial charge in [-0.15, -0.1) is 0 Å². The van der Waals surface area contributed by atoms with Gasteiger partial charge in [0.2, 0.25) is 11.8 Å².